The van der Waals surface area contributed by atoms with Crippen molar-refractivity contribution in [2.24, 2.45) is 0 Å². The van der Waals surface area contributed by atoms with Crippen LogP contribution in [0.15, 0.2) is 36.5 Å². The Bertz CT molecular complexity index is 691. The van der Waals surface area contributed by atoms with E-state index in [1.54, 1.807) is 18.2 Å². The van der Waals surface area contributed by atoms with Crippen LogP contribution in [-0.2, 0) is 6.54 Å². The molecule has 1 fully saturated rings. The van der Waals surface area contributed by atoms with E-state index in [0.717, 1.165) is 25.2 Å². The average Bonchev–Trinajstić information content (AvgIpc) is 3.34. The van der Waals surface area contributed by atoms with Gasteiger partial charge in [0.15, 0.2) is 0 Å². The summed E-state index contributed by atoms with van der Waals surface area (Å²) in [6.45, 7) is 4.24. The average molecular weight is 341 g/mol. The Morgan fingerprint density at radius 1 is 1.04 bits per heavy atom. The molecule has 1 aromatic heterocycles. The monoisotopic (exact) mass is 341 g/mol. The second kappa shape index (κ2) is 8.43. The van der Waals surface area contributed by atoms with Gasteiger partial charge in [0.25, 0.3) is 11.8 Å². The Hall–Kier alpha value is -2.67. The van der Waals surface area contributed by atoms with Crippen LogP contribution in [-0.4, -0.2) is 53.1 Å². The smallest absolute Gasteiger partial charge is 0.269 e. The molecule has 0 radical (unpaired) electrons. The van der Waals surface area contributed by atoms with Gasteiger partial charge in [0, 0.05) is 31.4 Å². The maximum atomic E-state index is 12.1. The SMILES string of the molecule is O=C(NCCN1CCCC1)c1ccc(CNC(=O)c2ccn[nH]2)cc1. The predicted molar refractivity (Wildman–Crippen MR) is 94.2 cm³/mol. The van der Waals surface area contributed by atoms with Gasteiger partial charge < -0.3 is 15.5 Å². The van der Waals surface area contributed by atoms with Crippen LogP contribution < -0.4 is 10.6 Å². The van der Waals surface area contributed by atoms with Crippen molar-refractivity contribution in [3.8, 4) is 0 Å². The Morgan fingerprint density at radius 2 is 1.80 bits per heavy atom. The molecule has 3 rings (SSSR count). The van der Waals surface area contributed by atoms with Gasteiger partial charge in [-0.1, -0.05) is 12.1 Å². The summed E-state index contributed by atoms with van der Waals surface area (Å²) < 4.78 is 0. The van der Waals surface area contributed by atoms with Gasteiger partial charge in [-0.2, -0.15) is 5.10 Å². The third-order valence-electron chi connectivity index (χ3n) is 4.33. The Kier molecular flexibility index (Phi) is 5.79. The number of hydrogen-bond donors (Lipinski definition) is 3. The molecule has 1 aliphatic heterocycles. The number of rotatable bonds is 7. The van der Waals surface area contributed by atoms with E-state index in [9.17, 15) is 9.59 Å². The molecular formula is C18H23N5O2. The number of carbonyl (C=O) groups excluding carboxylic acids is 2. The van der Waals surface area contributed by atoms with Gasteiger partial charge >= 0.3 is 0 Å². The number of H-pyrrole nitrogens is 1. The fourth-order valence-electron chi connectivity index (χ4n) is 2.87. The van der Waals surface area contributed by atoms with Crippen LogP contribution in [0, 0.1) is 0 Å². The van der Waals surface area contributed by atoms with Crippen molar-refractivity contribution in [3.05, 3.63) is 53.3 Å². The molecule has 7 nitrogen and oxygen atoms in total. The molecule has 25 heavy (non-hydrogen) atoms. The minimum absolute atomic E-state index is 0.0627. The summed E-state index contributed by atoms with van der Waals surface area (Å²) in [5, 5.41) is 12.1. The minimum Gasteiger partial charge on any atom is -0.351 e. The molecule has 2 aromatic rings. The fraction of sp³-hybridized carbons (Fsp3) is 0.389. The van der Waals surface area contributed by atoms with E-state index < -0.39 is 0 Å². The highest BCUT2D eigenvalue weighted by atomic mass is 16.2. The van der Waals surface area contributed by atoms with Crippen molar-refractivity contribution in [3.63, 3.8) is 0 Å². The Labute approximate surface area is 146 Å². The van der Waals surface area contributed by atoms with Crippen LogP contribution in [0.25, 0.3) is 0 Å². The summed E-state index contributed by atoms with van der Waals surface area (Å²) in [5.74, 6) is -0.270. The zero-order valence-corrected chi connectivity index (χ0v) is 14.1. The van der Waals surface area contributed by atoms with E-state index in [2.05, 4.69) is 25.7 Å². The normalized spacial score (nSPS) is 14.4. The number of aromatic nitrogens is 2. The molecule has 0 spiro atoms. The number of carbonyl (C=O) groups is 2. The van der Waals surface area contributed by atoms with E-state index in [1.807, 2.05) is 12.1 Å². The second-order valence-electron chi connectivity index (χ2n) is 6.15. The fourth-order valence-corrected chi connectivity index (χ4v) is 2.87. The minimum atomic E-state index is -0.207. The van der Waals surface area contributed by atoms with Crippen molar-refractivity contribution in [1.82, 2.24) is 25.7 Å². The molecule has 7 heteroatoms. The summed E-state index contributed by atoms with van der Waals surface area (Å²) in [5.41, 5.74) is 1.99. The van der Waals surface area contributed by atoms with Crippen molar-refractivity contribution in [2.75, 3.05) is 26.2 Å². The third kappa shape index (κ3) is 4.90. The molecule has 0 unspecified atom stereocenters. The molecule has 0 saturated carbocycles. The first-order valence-electron chi connectivity index (χ1n) is 8.59. The van der Waals surface area contributed by atoms with Gasteiger partial charge in [0.1, 0.15) is 5.69 Å². The lowest BCUT2D eigenvalue weighted by Gasteiger charge is -2.14. The van der Waals surface area contributed by atoms with E-state index in [1.165, 1.54) is 19.0 Å². The molecule has 1 aromatic carbocycles. The van der Waals surface area contributed by atoms with Crippen molar-refractivity contribution in [1.29, 1.82) is 0 Å². The van der Waals surface area contributed by atoms with Crippen LogP contribution in [0.1, 0.15) is 39.3 Å². The lowest BCUT2D eigenvalue weighted by molar-refractivity contribution is 0.0938. The van der Waals surface area contributed by atoms with Gasteiger partial charge in [0.2, 0.25) is 0 Å². The molecule has 1 aliphatic rings. The first kappa shape index (κ1) is 17.2. The molecule has 2 amide bonds. The van der Waals surface area contributed by atoms with Gasteiger partial charge in [-0.05, 0) is 49.7 Å². The Morgan fingerprint density at radius 3 is 2.48 bits per heavy atom. The lowest BCUT2D eigenvalue weighted by atomic mass is 10.1. The van der Waals surface area contributed by atoms with E-state index >= 15 is 0 Å². The molecule has 0 atom stereocenters. The number of benzene rings is 1. The number of likely N-dealkylation sites (tertiary alicyclic amines) is 1. The number of nitrogens with one attached hydrogen (secondary N) is 3. The number of hydrogen-bond acceptors (Lipinski definition) is 4. The first-order valence-corrected chi connectivity index (χ1v) is 8.59. The van der Waals surface area contributed by atoms with Gasteiger partial charge in [-0.25, -0.2) is 0 Å². The summed E-state index contributed by atoms with van der Waals surface area (Å²) in [7, 11) is 0. The van der Waals surface area contributed by atoms with Crippen LogP contribution >= 0.6 is 0 Å². The van der Waals surface area contributed by atoms with Gasteiger partial charge in [-0.15, -0.1) is 0 Å². The van der Waals surface area contributed by atoms with E-state index in [-0.39, 0.29) is 11.8 Å². The third-order valence-corrected chi connectivity index (χ3v) is 4.33. The summed E-state index contributed by atoms with van der Waals surface area (Å²) in [6, 6.07) is 8.88. The largest absolute Gasteiger partial charge is 0.351 e. The van der Waals surface area contributed by atoms with Crippen molar-refractivity contribution >= 4 is 11.8 Å². The molecule has 0 bridgehead atoms. The van der Waals surface area contributed by atoms with Crippen LogP contribution in [0.3, 0.4) is 0 Å². The highest BCUT2D eigenvalue weighted by Crippen LogP contribution is 2.07. The zero-order chi connectivity index (χ0) is 17.5. The standard InChI is InChI=1S/C18H23N5O2/c24-17(19-9-12-23-10-1-2-11-23)15-5-3-14(4-6-15)13-20-18(25)16-7-8-21-22-16/h3-8H,1-2,9-13H2,(H,19,24)(H,20,25)(H,21,22). The maximum absolute atomic E-state index is 12.1. The van der Waals surface area contributed by atoms with Crippen LogP contribution in [0.2, 0.25) is 0 Å². The quantitative estimate of drug-likeness (QED) is 0.705. The molecule has 3 N–H and O–H groups in total. The number of amides is 2. The summed E-state index contributed by atoms with van der Waals surface area (Å²) >= 11 is 0. The number of nitrogens with zero attached hydrogens (tertiary/aromatic N) is 2. The topological polar surface area (TPSA) is 90.1 Å². The highest BCUT2D eigenvalue weighted by Gasteiger charge is 2.12. The lowest BCUT2D eigenvalue weighted by Crippen LogP contribution is -2.33. The van der Waals surface area contributed by atoms with E-state index in [0.29, 0.717) is 24.3 Å². The van der Waals surface area contributed by atoms with Crippen molar-refractivity contribution in [2.45, 2.75) is 19.4 Å². The van der Waals surface area contributed by atoms with Gasteiger partial charge in [0.05, 0.1) is 0 Å². The predicted octanol–water partition coefficient (Wildman–Crippen LogP) is 1.17. The number of aromatic amines is 1. The Balaban J connectivity index is 1.43. The molecule has 0 aliphatic carbocycles. The first-order chi connectivity index (χ1) is 12.2. The van der Waals surface area contributed by atoms with Gasteiger partial charge in [-0.3, -0.25) is 14.7 Å². The van der Waals surface area contributed by atoms with E-state index in [4.69, 9.17) is 0 Å². The molecular weight excluding hydrogens is 318 g/mol. The molecule has 132 valence electrons. The van der Waals surface area contributed by atoms with Crippen LogP contribution in [0.5, 0.6) is 0 Å². The molecule has 2 heterocycles. The summed E-state index contributed by atoms with van der Waals surface area (Å²) in [4.78, 5) is 26.3. The maximum Gasteiger partial charge on any atom is 0.269 e. The zero-order valence-electron chi connectivity index (χ0n) is 14.1. The second-order valence-corrected chi connectivity index (χ2v) is 6.15. The van der Waals surface area contributed by atoms with Crippen molar-refractivity contribution < 1.29 is 9.59 Å². The van der Waals surface area contributed by atoms with Crippen LogP contribution in [0.4, 0.5) is 0 Å². The summed E-state index contributed by atoms with van der Waals surface area (Å²) in [6.07, 6.45) is 4.05. The highest BCUT2D eigenvalue weighted by molar-refractivity contribution is 5.94. The molecule has 1 saturated heterocycles.